The molecule has 1 saturated heterocycles. The van der Waals surface area contributed by atoms with Gasteiger partial charge >= 0.3 is 18.3 Å². The first kappa shape index (κ1) is 19.3. The van der Waals surface area contributed by atoms with Crippen molar-refractivity contribution in [3.63, 3.8) is 0 Å². The summed E-state index contributed by atoms with van der Waals surface area (Å²) < 4.78 is 86.7. The van der Waals surface area contributed by atoms with Crippen molar-refractivity contribution in [3.05, 3.63) is 22.9 Å². The normalized spacial score (nSPS) is 19.0. The van der Waals surface area contributed by atoms with Gasteiger partial charge in [-0.25, -0.2) is 9.78 Å². The average molecular weight is 372 g/mol. The molecular weight excluding hydrogens is 358 g/mol. The predicted octanol–water partition coefficient (Wildman–Crippen LogP) is 2.96. The minimum absolute atomic E-state index is 0.0611. The fraction of sp³-hybridized carbons (Fsp3) is 0.571. The van der Waals surface area contributed by atoms with Crippen molar-refractivity contribution < 1.29 is 40.6 Å². The zero-order chi connectivity index (χ0) is 19.0. The van der Waals surface area contributed by atoms with E-state index in [4.69, 9.17) is 0 Å². The monoisotopic (exact) mass is 372 g/mol. The molecule has 5 nitrogen and oxygen atoms in total. The van der Waals surface area contributed by atoms with Crippen molar-refractivity contribution in [1.29, 1.82) is 0 Å². The lowest BCUT2D eigenvalue weighted by atomic mass is 10.0. The molecule has 0 bridgehead atoms. The Morgan fingerprint density at radius 1 is 1.32 bits per heavy atom. The highest BCUT2D eigenvalue weighted by atomic mass is 19.4. The highest BCUT2D eigenvalue weighted by molar-refractivity contribution is 5.96. The Bertz CT molecular complexity index is 659. The molecule has 0 amide bonds. The van der Waals surface area contributed by atoms with E-state index in [0.717, 1.165) is 18.9 Å². The van der Waals surface area contributed by atoms with E-state index in [1.54, 1.807) is 0 Å². The lowest BCUT2D eigenvalue weighted by Crippen LogP contribution is -2.50. The summed E-state index contributed by atoms with van der Waals surface area (Å²) in [4.78, 5) is 16.6. The first-order valence-electron chi connectivity index (χ1n) is 7.05. The zero-order valence-electron chi connectivity index (χ0n) is 13.2. The predicted molar refractivity (Wildman–Crippen MR) is 73.3 cm³/mol. The number of hydrogen-bond donors (Lipinski definition) is 0. The van der Waals surface area contributed by atoms with E-state index < -0.39 is 47.7 Å². The molecule has 0 aliphatic carbocycles. The smallest absolute Gasteiger partial charge is 0.418 e. The molecule has 1 unspecified atom stereocenters. The van der Waals surface area contributed by atoms with Gasteiger partial charge < -0.3 is 14.4 Å². The number of methoxy groups -OCH3 is 1. The first-order valence-corrected chi connectivity index (χ1v) is 7.05. The van der Waals surface area contributed by atoms with Crippen LogP contribution >= 0.6 is 0 Å². The summed E-state index contributed by atoms with van der Waals surface area (Å²) in [7, 11) is 0.962. The Morgan fingerprint density at radius 3 is 2.48 bits per heavy atom. The van der Waals surface area contributed by atoms with Crippen LogP contribution in [-0.2, 0) is 15.7 Å². The second kappa shape index (κ2) is 6.70. The maximum absolute atomic E-state index is 13.0. The van der Waals surface area contributed by atoms with Gasteiger partial charge in [0.25, 0.3) is 0 Å². The molecule has 1 atom stereocenters. The highest BCUT2D eigenvalue weighted by Crippen LogP contribution is 2.36. The van der Waals surface area contributed by atoms with Gasteiger partial charge in [-0.1, -0.05) is 0 Å². The summed E-state index contributed by atoms with van der Waals surface area (Å²) in [5, 5.41) is 0. The number of nitrogens with zero attached hydrogens (tertiary/aromatic N) is 2. The second-order valence-corrected chi connectivity index (χ2v) is 5.33. The Hall–Kier alpha value is -2.04. The second-order valence-electron chi connectivity index (χ2n) is 5.33. The van der Waals surface area contributed by atoms with Gasteiger partial charge in [0.1, 0.15) is 11.4 Å². The number of morpholine rings is 1. The molecule has 140 valence electrons. The molecule has 0 N–H and O–H groups in total. The number of esters is 1. The zero-order valence-corrected chi connectivity index (χ0v) is 13.2. The molecule has 0 saturated carbocycles. The molecule has 0 aromatic carbocycles. The summed E-state index contributed by atoms with van der Waals surface area (Å²) in [6.45, 7) is -0.0197. The third-order valence-corrected chi connectivity index (χ3v) is 3.74. The van der Waals surface area contributed by atoms with Gasteiger partial charge in [0.2, 0.25) is 0 Å². The summed E-state index contributed by atoms with van der Waals surface area (Å²) in [5.74, 6) is -1.41. The van der Waals surface area contributed by atoms with E-state index >= 15 is 0 Å². The van der Waals surface area contributed by atoms with Crippen LogP contribution in [0, 0.1) is 6.92 Å². The van der Waals surface area contributed by atoms with Crippen LogP contribution in [0.1, 0.15) is 21.5 Å². The number of ether oxygens (including phenoxy) is 2. The van der Waals surface area contributed by atoms with Gasteiger partial charge in [-0.05, 0) is 12.5 Å². The van der Waals surface area contributed by atoms with Crippen molar-refractivity contribution >= 4 is 11.8 Å². The number of pyridine rings is 1. The number of anilines is 1. The van der Waals surface area contributed by atoms with E-state index in [-0.39, 0.29) is 19.0 Å². The van der Waals surface area contributed by atoms with Gasteiger partial charge in [0.05, 0.1) is 25.8 Å². The largest absolute Gasteiger partial charge is 0.465 e. The van der Waals surface area contributed by atoms with Crippen molar-refractivity contribution in [2.75, 3.05) is 31.7 Å². The van der Waals surface area contributed by atoms with Gasteiger partial charge in [-0.3, -0.25) is 0 Å². The molecule has 0 spiro atoms. The molecule has 1 aromatic heterocycles. The topological polar surface area (TPSA) is 51.7 Å². The lowest BCUT2D eigenvalue weighted by molar-refractivity contribution is -0.221. The Morgan fingerprint density at radius 2 is 1.96 bits per heavy atom. The molecule has 2 rings (SSSR count). The summed E-state index contributed by atoms with van der Waals surface area (Å²) in [6.07, 6.45) is -11.0. The molecule has 1 fully saturated rings. The van der Waals surface area contributed by atoms with Crippen molar-refractivity contribution in [3.8, 4) is 0 Å². The molecule has 1 aliphatic rings. The third kappa shape index (κ3) is 3.97. The number of carbonyl (C=O) groups is 1. The minimum Gasteiger partial charge on any atom is -0.465 e. The number of halogens is 6. The van der Waals surface area contributed by atoms with Crippen LogP contribution in [0.15, 0.2) is 6.20 Å². The van der Waals surface area contributed by atoms with Crippen LogP contribution in [-0.4, -0.2) is 50.0 Å². The Labute approximate surface area is 138 Å². The van der Waals surface area contributed by atoms with Crippen LogP contribution in [0.5, 0.6) is 0 Å². The van der Waals surface area contributed by atoms with Gasteiger partial charge in [0, 0.05) is 12.7 Å². The molecule has 1 aromatic rings. The molecule has 0 radical (unpaired) electrons. The lowest BCUT2D eigenvalue weighted by Gasteiger charge is -2.35. The van der Waals surface area contributed by atoms with Crippen LogP contribution in [0.3, 0.4) is 0 Å². The van der Waals surface area contributed by atoms with Crippen LogP contribution in [0.25, 0.3) is 0 Å². The standard InChI is InChI=1S/C14H14F6N2O3/c1-7-8(13(15,16)17)5-21-11(10(7)12(23)24-2)22-3-4-25-9(6-22)14(18,19)20/h5,9H,3-4,6H2,1-2H3. The molecule has 1 aliphatic heterocycles. The quantitative estimate of drug-likeness (QED) is 0.590. The van der Waals surface area contributed by atoms with Gasteiger partial charge in [0.15, 0.2) is 6.10 Å². The maximum atomic E-state index is 13.0. The molecular formula is C14H14F6N2O3. The number of aromatic nitrogens is 1. The Balaban J connectivity index is 2.50. The SMILES string of the molecule is COC(=O)c1c(N2CCOC(C(F)(F)F)C2)ncc(C(F)(F)F)c1C. The third-order valence-electron chi connectivity index (χ3n) is 3.74. The van der Waals surface area contributed by atoms with Crippen LogP contribution < -0.4 is 4.90 Å². The highest BCUT2D eigenvalue weighted by Gasteiger charge is 2.44. The van der Waals surface area contributed by atoms with E-state index in [0.29, 0.717) is 6.20 Å². The number of hydrogen-bond acceptors (Lipinski definition) is 5. The fourth-order valence-corrected chi connectivity index (χ4v) is 2.50. The van der Waals surface area contributed by atoms with Crippen molar-refractivity contribution in [1.82, 2.24) is 4.98 Å². The van der Waals surface area contributed by atoms with Crippen LogP contribution in [0.4, 0.5) is 32.2 Å². The summed E-state index contributed by atoms with van der Waals surface area (Å²) in [5.41, 5.74) is -2.13. The van der Waals surface area contributed by atoms with Gasteiger partial charge in [-0.15, -0.1) is 0 Å². The van der Waals surface area contributed by atoms with E-state index in [1.807, 2.05) is 0 Å². The number of carbonyl (C=O) groups excluding carboxylic acids is 1. The first-order chi connectivity index (χ1) is 11.5. The average Bonchev–Trinajstić information content (AvgIpc) is 2.52. The summed E-state index contributed by atoms with van der Waals surface area (Å²) >= 11 is 0. The van der Waals surface area contributed by atoms with Crippen molar-refractivity contribution in [2.24, 2.45) is 0 Å². The number of alkyl halides is 6. The van der Waals surface area contributed by atoms with Crippen molar-refractivity contribution in [2.45, 2.75) is 25.4 Å². The van der Waals surface area contributed by atoms with E-state index in [9.17, 15) is 31.1 Å². The minimum atomic E-state index is -4.77. The molecule has 11 heteroatoms. The fourth-order valence-electron chi connectivity index (χ4n) is 2.50. The maximum Gasteiger partial charge on any atom is 0.418 e. The van der Waals surface area contributed by atoms with E-state index in [1.165, 1.54) is 0 Å². The van der Waals surface area contributed by atoms with Gasteiger partial charge in [-0.2, -0.15) is 26.3 Å². The Kier molecular flexibility index (Phi) is 5.17. The van der Waals surface area contributed by atoms with E-state index in [2.05, 4.69) is 14.5 Å². The molecule has 25 heavy (non-hydrogen) atoms. The summed E-state index contributed by atoms with van der Waals surface area (Å²) in [6, 6.07) is 0. The molecule has 2 heterocycles. The van der Waals surface area contributed by atoms with Crippen LogP contribution in [0.2, 0.25) is 0 Å². The number of rotatable bonds is 2.